The van der Waals surface area contributed by atoms with Gasteiger partial charge in [0.05, 0.1) is 0 Å². The van der Waals surface area contributed by atoms with Gasteiger partial charge in [0.15, 0.2) is 0 Å². The zero-order chi connectivity index (χ0) is 29.9. The van der Waals surface area contributed by atoms with E-state index < -0.39 is 12.1 Å². The van der Waals surface area contributed by atoms with Gasteiger partial charge in [-0.1, -0.05) is 72.3 Å². The molecule has 2 N–H and O–H groups in total. The minimum Gasteiger partial charge on any atom is -0.489 e. The van der Waals surface area contributed by atoms with E-state index in [9.17, 15) is 9.59 Å². The minimum atomic E-state index is -0.602. The Bertz CT molecular complexity index is 1310. The van der Waals surface area contributed by atoms with Crippen LogP contribution in [-0.2, 0) is 29.2 Å². The number of halogens is 1. The maximum absolute atomic E-state index is 13.6. The summed E-state index contributed by atoms with van der Waals surface area (Å²) in [7, 11) is 0. The third kappa shape index (κ3) is 9.20. The van der Waals surface area contributed by atoms with Gasteiger partial charge in [0, 0.05) is 37.7 Å². The molecule has 2 heterocycles. The molecule has 2 saturated heterocycles. The van der Waals surface area contributed by atoms with Crippen molar-refractivity contribution in [3.63, 3.8) is 0 Å². The SMILES string of the molecule is O=C(N[C@@H](C(=O)N1CCNCC1)C1CCN(CCc2cc(Cl)ccc2OCc2ccccc2)CC1)OCc1ccccc1. The molecule has 3 aromatic carbocycles. The van der Waals surface area contributed by atoms with E-state index in [4.69, 9.17) is 21.1 Å². The maximum Gasteiger partial charge on any atom is 0.408 e. The summed E-state index contributed by atoms with van der Waals surface area (Å²) in [5.41, 5.74) is 3.11. The smallest absolute Gasteiger partial charge is 0.408 e. The highest BCUT2D eigenvalue weighted by Gasteiger charge is 2.36. The van der Waals surface area contributed by atoms with Crippen molar-refractivity contribution in [2.75, 3.05) is 45.8 Å². The Kier molecular flexibility index (Phi) is 11.3. The lowest BCUT2D eigenvalue weighted by molar-refractivity contribution is -0.135. The highest BCUT2D eigenvalue weighted by Crippen LogP contribution is 2.27. The van der Waals surface area contributed by atoms with Gasteiger partial charge in [-0.2, -0.15) is 0 Å². The predicted octanol–water partition coefficient (Wildman–Crippen LogP) is 4.90. The molecule has 228 valence electrons. The summed E-state index contributed by atoms with van der Waals surface area (Å²) in [5, 5.41) is 6.93. The van der Waals surface area contributed by atoms with Gasteiger partial charge in [0.25, 0.3) is 0 Å². The van der Waals surface area contributed by atoms with Crippen LogP contribution in [0.4, 0.5) is 4.79 Å². The lowest BCUT2D eigenvalue weighted by atomic mass is 9.88. The zero-order valence-corrected chi connectivity index (χ0v) is 25.3. The molecular formula is C34H41ClN4O4. The van der Waals surface area contributed by atoms with Crippen molar-refractivity contribution in [2.24, 2.45) is 5.92 Å². The van der Waals surface area contributed by atoms with Crippen molar-refractivity contribution in [3.8, 4) is 5.75 Å². The molecule has 1 atom stereocenters. The molecule has 5 rings (SSSR count). The van der Waals surface area contributed by atoms with Crippen LogP contribution in [0.1, 0.15) is 29.5 Å². The van der Waals surface area contributed by atoms with Gasteiger partial charge in [-0.25, -0.2) is 4.79 Å². The number of alkyl carbamates (subject to hydrolysis) is 1. The Morgan fingerprint density at radius 1 is 0.884 bits per heavy atom. The van der Waals surface area contributed by atoms with Crippen LogP contribution in [0.25, 0.3) is 0 Å². The van der Waals surface area contributed by atoms with Crippen LogP contribution in [0.3, 0.4) is 0 Å². The molecule has 2 amide bonds. The first-order valence-corrected chi connectivity index (χ1v) is 15.6. The normalized spacial score (nSPS) is 16.8. The van der Waals surface area contributed by atoms with Crippen LogP contribution < -0.4 is 15.4 Å². The highest BCUT2D eigenvalue weighted by atomic mass is 35.5. The van der Waals surface area contributed by atoms with Crippen LogP contribution in [0, 0.1) is 5.92 Å². The number of hydrogen-bond acceptors (Lipinski definition) is 6. The fourth-order valence-electron chi connectivity index (χ4n) is 5.76. The van der Waals surface area contributed by atoms with Crippen molar-refractivity contribution in [3.05, 3.63) is 101 Å². The number of piperazine rings is 1. The monoisotopic (exact) mass is 604 g/mol. The molecule has 0 unspecified atom stereocenters. The fourth-order valence-corrected chi connectivity index (χ4v) is 5.96. The summed E-state index contributed by atoms with van der Waals surface area (Å²) in [5.74, 6) is 0.873. The van der Waals surface area contributed by atoms with Gasteiger partial charge in [-0.15, -0.1) is 0 Å². The van der Waals surface area contributed by atoms with Gasteiger partial charge >= 0.3 is 6.09 Å². The molecule has 9 heteroatoms. The van der Waals surface area contributed by atoms with E-state index in [1.165, 1.54) is 0 Å². The van der Waals surface area contributed by atoms with Gasteiger partial charge in [0.1, 0.15) is 25.0 Å². The van der Waals surface area contributed by atoms with Crippen molar-refractivity contribution in [1.82, 2.24) is 20.4 Å². The second-order valence-electron chi connectivity index (χ2n) is 11.2. The van der Waals surface area contributed by atoms with Crippen molar-refractivity contribution in [1.29, 1.82) is 0 Å². The summed E-state index contributed by atoms with van der Waals surface area (Å²) in [6.07, 6.45) is 1.88. The number of piperidine rings is 1. The average molecular weight is 605 g/mol. The first-order chi connectivity index (χ1) is 21.0. The summed E-state index contributed by atoms with van der Waals surface area (Å²) in [6.45, 7) is 6.02. The number of nitrogens with one attached hydrogen (secondary N) is 2. The average Bonchev–Trinajstić information content (AvgIpc) is 3.06. The van der Waals surface area contributed by atoms with Gasteiger partial charge in [-0.3, -0.25) is 4.79 Å². The van der Waals surface area contributed by atoms with E-state index >= 15 is 0 Å². The number of hydrogen-bond donors (Lipinski definition) is 2. The second-order valence-corrected chi connectivity index (χ2v) is 11.7. The van der Waals surface area contributed by atoms with Crippen molar-refractivity contribution in [2.45, 2.75) is 38.5 Å². The lowest BCUT2D eigenvalue weighted by Crippen LogP contribution is -2.57. The molecule has 43 heavy (non-hydrogen) atoms. The first kappa shape index (κ1) is 30.9. The second kappa shape index (κ2) is 15.8. The van der Waals surface area contributed by atoms with E-state index in [2.05, 4.69) is 27.7 Å². The molecule has 0 bridgehead atoms. The molecule has 2 aliphatic rings. The predicted molar refractivity (Wildman–Crippen MR) is 168 cm³/mol. The summed E-state index contributed by atoms with van der Waals surface area (Å²) >= 11 is 6.35. The molecule has 0 aromatic heterocycles. The van der Waals surface area contributed by atoms with Crippen LogP contribution in [0.15, 0.2) is 78.9 Å². The van der Waals surface area contributed by atoms with E-state index in [-0.39, 0.29) is 18.4 Å². The van der Waals surface area contributed by atoms with E-state index in [1.54, 1.807) is 0 Å². The van der Waals surface area contributed by atoms with E-state index in [0.717, 1.165) is 74.4 Å². The molecule has 2 aliphatic heterocycles. The Hall–Kier alpha value is -3.59. The zero-order valence-electron chi connectivity index (χ0n) is 24.6. The number of nitrogens with zero attached hydrogens (tertiary/aromatic N) is 2. The fraction of sp³-hybridized carbons (Fsp3) is 0.412. The van der Waals surface area contributed by atoms with Gasteiger partial charge in [-0.05, 0) is 73.2 Å². The lowest BCUT2D eigenvalue weighted by Gasteiger charge is -2.38. The standard InChI is InChI=1S/C34H41ClN4O4/c35-30-11-12-31(42-24-26-7-3-1-4-8-26)29(23-30)15-20-38-18-13-28(14-19-38)32(33(40)39-21-16-36-17-22-39)37-34(41)43-25-27-9-5-2-6-10-27/h1-12,23,28,32,36H,13-22,24-25H2,(H,37,41)/t32-/m1/s1. The Labute approximate surface area is 259 Å². The molecule has 0 radical (unpaired) electrons. The topological polar surface area (TPSA) is 83.1 Å². The van der Waals surface area contributed by atoms with Crippen LogP contribution in [0.5, 0.6) is 5.75 Å². The number of likely N-dealkylation sites (tertiary alicyclic amines) is 1. The van der Waals surface area contributed by atoms with Crippen LogP contribution >= 0.6 is 11.6 Å². The minimum absolute atomic E-state index is 0.0178. The van der Waals surface area contributed by atoms with Crippen molar-refractivity contribution >= 4 is 23.6 Å². The Morgan fingerprint density at radius 2 is 1.53 bits per heavy atom. The van der Waals surface area contributed by atoms with E-state index in [1.807, 2.05) is 71.6 Å². The van der Waals surface area contributed by atoms with E-state index in [0.29, 0.717) is 24.7 Å². The summed E-state index contributed by atoms with van der Waals surface area (Å²) in [6, 6.07) is 24.9. The number of amides is 2. The highest BCUT2D eigenvalue weighted by molar-refractivity contribution is 6.30. The molecule has 2 fully saturated rings. The quantitative estimate of drug-likeness (QED) is 0.324. The third-order valence-electron chi connectivity index (χ3n) is 8.24. The molecular weight excluding hydrogens is 564 g/mol. The first-order valence-electron chi connectivity index (χ1n) is 15.2. The molecule has 0 spiro atoms. The third-order valence-corrected chi connectivity index (χ3v) is 8.48. The Balaban J connectivity index is 1.16. The van der Waals surface area contributed by atoms with Crippen molar-refractivity contribution < 1.29 is 19.1 Å². The molecule has 3 aromatic rings. The number of ether oxygens (including phenoxy) is 2. The van der Waals surface area contributed by atoms with Gasteiger partial charge < -0.3 is 29.9 Å². The van der Waals surface area contributed by atoms with Gasteiger partial charge in [0.2, 0.25) is 5.91 Å². The van der Waals surface area contributed by atoms with Crippen LogP contribution in [0.2, 0.25) is 5.02 Å². The molecule has 0 aliphatic carbocycles. The largest absolute Gasteiger partial charge is 0.489 e. The number of carbonyl (C=O) groups excluding carboxylic acids is 2. The number of rotatable bonds is 11. The summed E-state index contributed by atoms with van der Waals surface area (Å²) < 4.78 is 11.7. The summed E-state index contributed by atoms with van der Waals surface area (Å²) in [4.78, 5) is 30.7. The number of benzene rings is 3. The Morgan fingerprint density at radius 3 is 2.21 bits per heavy atom. The van der Waals surface area contributed by atoms with Crippen LogP contribution in [-0.4, -0.2) is 73.7 Å². The molecule has 0 saturated carbocycles. The molecule has 8 nitrogen and oxygen atoms in total. The number of carbonyl (C=O) groups is 2. The maximum atomic E-state index is 13.6.